The maximum atomic E-state index is 13.2. The van der Waals surface area contributed by atoms with Crippen LogP contribution in [0, 0.1) is 5.92 Å². The average molecular weight is 453 g/mol. The van der Waals surface area contributed by atoms with Gasteiger partial charge in [0, 0.05) is 12.1 Å². The Labute approximate surface area is 186 Å². The lowest BCUT2D eigenvalue weighted by Gasteiger charge is -2.50. The van der Waals surface area contributed by atoms with Gasteiger partial charge in [-0.05, 0) is 56.5 Å². The van der Waals surface area contributed by atoms with Gasteiger partial charge in [0.2, 0.25) is 0 Å². The first kappa shape index (κ1) is 23.6. The number of hydrogen-bond acceptors (Lipinski definition) is 2. The lowest BCUT2D eigenvalue weighted by Crippen LogP contribution is -2.57. The Bertz CT molecular complexity index is 919. The molecule has 31 heavy (non-hydrogen) atoms. The van der Waals surface area contributed by atoms with Gasteiger partial charge in [-0.1, -0.05) is 55.3 Å². The number of carbonyl (C=O) groups excluding carboxylic acids is 1. The van der Waals surface area contributed by atoms with Gasteiger partial charge in [0.25, 0.3) is 5.91 Å². The summed E-state index contributed by atoms with van der Waals surface area (Å²) in [6, 6.07) is 12.0. The molecule has 0 spiro atoms. The second kappa shape index (κ2) is 9.21. The number of hydrogen-bond donors (Lipinski definition) is 1. The highest BCUT2D eigenvalue weighted by molar-refractivity contribution is 6.33. The van der Waals surface area contributed by atoms with E-state index in [2.05, 4.69) is 24.1 Å². The summed E-state index contributed by atoms with van der Waals surface area (Å²) in [5.74, 6) is -0.0275. The second-order valence-electron chi connectivity index (χ2n) is 8.56. The number of likely N-dealkylation sites (N-methyl/N-ethyl adjacent to an activating group) is 1. The third-order valence-electron chi connectivity index (χ3n) is 6.61. The first-order chi connectivity index (χ1) is 14.6. The molecule has 1 heterocycles. The minimum absolute atomic E-state index is 0.00879. The fourth-order valence-corrected chi connectivity index (χ4v) is 4.60. The Kier molecular flexibility index (Phi) is 7.01. The van der Waals surface area contributed by atoms with Gasteiger partial charge in [0.05, 0.1) is 22.2 Å². The lowest BCUT2D eigenvalue weighted by atomic mass is 9.75. The van der Waals surface area contributed by atoms with Crippen LogP contribution in [0.3, 0.4) is 0 Å². The summed E-state index contributed by atoms with van der Waals surface area (Å²) in [5.41, 5.74) is -0.559. The van der Waals surface area contributed by atoms with E-state index in [9.17, 15) is 18.0 Å². The molecule has 0 aliphatic carbocycles. The number of halogens is 4. The van der Waals surface area contributed by atoms with E-state index in [-0.39, 0.29) is 10.6 Å². The molecule has 3 atom stereocenters. The molecule has 2 aromatic carbocycles. The second-order valence-corrected chi connectivity index (χ2v) is 8.97. The van der Waals surface area contributed by atoms with Gasteiger partial charge >= 0.3 is 6.18 Å². The van der Waals surface area contributed by atoms with Crippen LogP contribution in [-0.4, -0.2) is 29.9 Å². The van der Waals surface area contributed by atoms with Crippen molar-refractivity contribution in [3.63, 3.8) is 0 Å². The highest BCUT2D eigenvalue weighted by Crippen LogP contribution is 2.40. The summed E-state index contributed by atoms with van der Waals surface area (Å²) in [5, 5.41) is 3.00. The SMILES string of the molecule is CCC1CCC(C)(C(NC(=O)c2cc(C(F)(F)F)ccc2Cl)c2ccccc2)N(C)C1. The van der Waals surface area contributed by atoms with Gasteiger partial charge in [-0.25, -0.2) is 0 Å². The summed E-state index contributed by atoms with van der Waals surface area (Å²) in [6.07, 6.45) is -1.58. The van der Waals surface area contributed by atoms with Crippen molar-refractivity contribution in [2.45, 2.75) is 50.9 Å². The topological polar surface area (TPSA) is 32.3 Å². The molecule has 0 bridgehead atoms. The van der Waals surface area contributed by atoms with Crippen LogP contribution >= 0.6 is 11.6 Å². The molecular weight excluding hydrogens is 425 g/mol. The molecule has 1 amide bonds. The van der Waals surface area contributed by atoms with Gasteiger partial charge in [0.15, 0.2) is 0 Å². The number of rotatable bonds is 5. The van der Waals surface area contributed by atoms with E-state index in [4.69, 9.17) is 11.6 Å². The van der Waals surface area contributed by atoms with Crippen molar-refractivity contribution in [3.8, 4) is 0 Å². The van der Waals surface area contributed by atoms with E-state index in [0.717, 1.165) is 49.6 Å². The third-order valence-corrected chi connectivity index (χ3v) is 6.94. The highest BCUT2D eigenvalue weighted by Gasteiger charge is 2.43. The Morgan fingerprint density at radius 1 is 1.26 bits per heavy atom. The number of likely N-dealkylation sites (tertiary alicyclic amines) is 1. The molecule has 168 valence electrons. The number of alkyl halides is 3. The largest absolute Gasteiger partial charge is 0.416 e. The molecule has 1 saturated heterocycles. The van der Waals surface area contributed by atoms with E-state index in [0.29, 0.717) is 5.92 Å². The van der Waals surface area contributed by atoms with Crippen LogP contribution in [0.25, 0.3) is 0 Å². The zero-order valence-electron chi connectivity index (χ0n) is 18.0. The Balaban J connectivity index is 1.96. The molecule has 2 aromatic rings. The molecule has 1 fully saturated rings. The Hall–Kier alpha value is -2.05. The number of benzene rings is 2. The zero-order chi connectivity index (χ0) is 22.8. The standard InChI is InChI=1S/C24H28ClF3N2O/c1-4-16-12-13-23(2,30(3)15-16)21(17-8-6-5-7-9-17)29-22(31)19-14-18(24(26,27)28)10-11-20(19)25/h5-11,14,16,21H,4,12-13,15H2,1-3H3,(H,29,31). The van der Waals surface area contributed by atoms with E-state index in [1.807, 2.05) is 37.4 Å². The summed E-state index contributed by atoms with van der Waals surface area (Å²) >= 11 is 6.12. The van der Waals surface area contributed by atoms with Crippen LogP contribution in [0.5, 0.6) is 0 Å². The van der Waals surface area contributed by atoms with E-state index in [1.54, 1.807) is 0 Å². The third kappa shape index (κ3) is 5.07. The van der Waals surface area contributed by atoms with Crippen LogP contribution in [0.2, 0.25) is 5.02 Å². The molecule has 1 N–H and O–H groups in total. The van der Waals surface area contributed by atoms with Gasteiger partial charge in [-0.3, -0.25) is 9.69 Å². The van der Waals surface area contributed by atoms with Crippen LogP contribution in [0.4, 0.5) is 13.2 Å². The predicted molar refractivity (Wildman–Crippen MR) is 117 cm³/mol. The highest BCUT2D eigenvalue weighted by atomic mass is 35.5. The van der Waals surface area contributed by atoms with Crippen molar-refractivity contribution in [1.29, 1.82) is 0 Å². The lowest BCUT2D eigenvalue weighted by molar-refractivity contribution is -0.137. The fourth-order valence-electron chi connectivity index (χ4n) is 4.40. The molecule has 1 aliphatic heterocycles. The maximum absolute atomic E-state index is 13.2. The Morgan fingerprint density at radius 2 is 1.94 bits per heavy atom. The molecular formula is C24H28ClF3N2O. The summed E-state index contributed by atoms with van der Waals surface area (Å²) < 4.78 is 39.5. The average Bonchev–Trinajstić information content (AvgIpc) is 2.74. The number of nitrogens with zero attached hydrogens (tertiary/aromatic N) is 1. The zero-order valence-corrected chi connectivity index (χ0v) is 18.7. The number of amides is 1. The molecule has 3 unspecified atom stereocenters. The van der Waals surface area contributed by atoms with Crippen LogP contribution in [-0.2, 0) is 6.18 Å². The quantitative estimate of drug-likeness (QED) is 0.574. The summed E-state index contributed by atoms with van der Waals surface area (Å²) in [6.45, 7) is 5.17. The van der Waals surface area contributed by atoms with Gasteiger partial charge in [-0.15, -0.1) is 0 Å². The Morgan fingerprint density at radius 3 is 2.52 bits per heavy atom. The first-order valence-corrected chi connectivity index (χ1v) is 10.9. The van der Waals surface area contributed by atoms with E-state index >= 15 is 0 Å². The smallest absolute Gasteiger partial charge is 0.343 e. The number of piperidine rings is 1. The monoisotopic (exact) mass is 452 g/mol. The minimum Gasteiger partial charge on any atom is -0.343 e. The molecule has 0 saturated carbocycles. The fraction of sp³-hybridized carbons (Fsp3) is 0.458. The molecule has 3 rings (SSSR count). The van der Waals surface area contributed by atoms with Gasteiger partial charge in [0.1, 0.15) is 0 Å². The van der Waals surface area contributed by atoms with Crippen LogP contribution in [0.1, 0.15) is 60.6 Å². The van der Waals surface area contributed by atoms with Crippen molar-refractivity contribution in [1.82, 2.24) is 10.2 Å². The van der Waals surface area contributed by atoms with Gasteiger partial charge < -0.3 is 5.32 Å². The van der Waals surface area contributed by atoms with Crippen LogP contribution < -0.4 is 5.32 Å². The van der Waals surface area contributed by atoms with E-state index < -0.39 is 29.2 Å². The molecule has 3 nitrogen and oxygen atoms in total. The van der Waals surface area contributed by atoms with E-state index in [1.165, 1.54) is 0 Å². The van der Waals surface area contributed by atoms with Crippen molar-refractivity contribution in [3.05, 3.63) is 70.2 Å². The van der Waals surface area contributed by atoms with Crippen molar-refractivity contribution in [2.24, 2.45) is 5.92 Å². The van der Waals surface area contributed by atoms with Gasteiger partial charge in [-0.2, -0.15) is 13.2 Å². The van der Waals surface area contributed by atoms with Crippen molar-refractivity contribution < 1.29 is 18.0 Å². The number of nitrogens with one attached hydrogen (secondary N) is 1. The summed E-state index contributed by atoms with van der Waals surface area (Å²) in [7, 11) is 2.04. The van der Waals surface area contributed by atoms with Crippen molar-refractivity contribution in [2.75, 3.05) is 13.6 Å². The normalized spacial score (nSPS) is 23.4. The number of carbonyl (C=O) groups is 1. The molecule has 1 aliphatic rings. The predicted octanol–water partition coefficient (Wildman–Crippen LogP) is 6.34. The van der Waals surface area contributed by atoms with Crippen molar-refractivity contribution >= 4 is 17.5 Å². The van der Waals surface area contributed by atoms with Crippen LogP contribution in [0.15, 0.2) is 48.5 Å². The minimum atomic E-state index is -4.55. The first-order valence-electron chi connectivity index (χ1n) is 10.5. The molecule has 0 aromatic heterocycles. The molecule has 7 heteroatoms. The maximum Gasteiger partial charge on any atom is 0.416 e. The summed E-state index contributed by atoms with van der Waals surface area (Å²) in [4.78, 5) is 15.4. The molecule has 0 radical (unpaired) electrons.